The number of fused-ring (bicyclic) bond motifs is 1. The van der Waals surface area contributed by atoms with Gasteiger partial charge < -0.3 is 15.2 Å². The second-order valence-corrected chi connectivity index (χ2v) is 10.1. The van der Waals surface area contributed by atoms with Crippen LogP contribution in [0.5, 0.6) is 5.75 Å². The van der Waals surface area contributed by atoms with Gasteiger partial charge in [0.15, 0.2) is 0 Å². The van der Waals surface area contributed by atoms with Gasteiger partial charge in [-0.3, -0.25) is 15.1 Å². The Balaban J connectivity index is 1.36. The van der Waals surface area contributed by atoms with Crippen LogP contribution in [0.1, 0.15) is 21.5 Å². The van der Waals surface area contributed by atoms with Crippen molar-refractivity contribution in [2.24, 2.45) is 0 Å². The molecule has 224 valence electrons. The lowest BCUT2D eigenvalue weighted by Crippen LogP contribution is -2.43. The molecule has 5 aromatic rings. The van der Waals surface area contributed by atoms with Crippen molar-refractivity contribution in [1.29, 1.82) is 5.26 Å². The number of carbonyl (C=O) groups excluding carboxylic acids is 2. The highest BCUT2D eigenvalue weighted by Gasteiger charge is 2.27. The molecule has 1 aromatic heterocycles. The van der Waals surface area contributed by atoms with Gasteiger partial charge in [0, 0.05) is 39.8 Å². The van der Waals surface area contributed by atoms with Crippen LogP contribution in [-0.4, -0.2) is 34.1 Å². The van der Waals surface area contributed by atoms with Crippen LogP contribution in [0.4, 0.5) is 19.3 Å². The zero-order valence-corrected chi connectivity index (χ0v) is 23.8. The van der Waals surface area contributed by atoms with Crippen LogP contribution >= 0.6 is 11.6 Å². The lowest BCUT2D eigenvalue weighted by atomic mass is 9.94. The number of amides is 2. The number of pyridine rings is 1. The summed E-state index contributed by atoms with van der Waals surface area (Å²) in [5.41, 5.74) is 1.23. The lowest BCUT2D eigenvalue weighted by Gasteiger charge is -2.18. The standard InChI is InChI=1S/C33H21ClF2N4O5/c34-25-13-18(17-37)8-10-23(25)24-11-9-19(22-7-4-12-38-30(22)24)14-28(32(42)43)40-31(41)29-26(35)15-20(16-27(29)36)39-33(44)45-21-5-2-1-3-6-21/h1-13,15-16,28H,14H2,(H,39,44)(H,40,41)(H,42,43). The summed E-state index contributed by atoms with van der Waals surface area (Å²) in [7, 11) is 0. The number of para-hydroxylation sites is 1. The maximum Gasteiger partial charge on any atom is 0.417 e. The normalized spacial score (nSPS) is 11.3. The second-order valence-electron chi connectivity index (χ2n) is 9.69. The van der Waals surface area contributed by atoms with Crippen LogP contribution < -0.4 is 15.4 Å². The van der Waals surface area contributed by atoms with Crippen molar-refractivity contribution >= 4 is 46.2 Å². The first kappa shape index (κ1) is 30.6. The molecular weight excluding hydrogens is 606 g/mol. The molecule has 1 atom stereocenters. The van der Waals surface area contributed by atoms with Crippen LogP contribution in [0.15, 0.2) is 91.1 Å². The highest BCUT2D eigenvalue weighted by Crippen LogP contribution is 2.35. The largest absolute Gasteiger partial charge is 0.480 e. The predicted molar refractivity (Wildman–Crippen MR) is 162 cm³/mol. The van der Waals surface area contributed by atoms with Crippen LogP contribution in [0.25, 0.3) is 22.0 Å². The smallest absolute Gasteiger partial charge is 0.417 e. The fourth-order valence-corrected chi connectivity index (χ4v) is 4.96. The third-order valence-electron chi connectivity index (χ3n) is 6.75. The molecule has 45 heavy (non-hydrogen) atoms. The Morgan fingerprint density at radius 1 is 0.956 bits per heavy atom. The van der Waals surface area contributed by atoms with Gasteiger partial charge in [-0.05, 0) is 48.0 Å². The van der Waals surface area contributed by atoms with Gasteiger partial charge in [-0.2, -0.15) is 5.26 Å². The van der Waals surface area contributed by atoms with Crippen molar-refractivity contribution in [3.05, 3.63) is 124 Å². The van der Waals surface area contributed by atoms with E-state index in [1.54, 1.807) is 60.8 Å². The number of benzene rings is 4. The van der Waals surface area contributed by atoms with E-state index in [0.717, 1.165) is 0 Å². The summed E-state index contributed by atoms with van der Waals surface area (Å²) in [6, 6.07) is 21.3. The Morgan fingerprint density at radius 2 is 1.67 bits per heavy atom. The zero-order chi connectivity index (χ0) is 32.1. The van der Waals surface area contributed by atoms with Gasteiger partial charge in [0.1, 0.15) is 29.0 Å². The van der Waals surface area contributed by atoms with E-state index in [-0.39, 0.29) is 17.9 Å². The number of hydrogen-bond donors (Lipinski definition) is 3. The van der Waals surface area contributed by atoms with E-state index in [0.29, 0.717) is 50.3 Å². The molecule has 4 aromatic carbocycles. The number of nitrogens with zero attached hydrogens (tertiary/aromatic N) is 2. The summed E-state index contributed by atoms with van der Waals surface area (Å²) in [6.07, 6.45) is 0.283. The molecule has 0 spiro atoms. The van der Waals surface area contributed by atoms with Gasteiger partial charge in [0.25, 0.3) is 5.91 Å². The highest BCUT2D eigenvalue weighted by atomic mass is 35.5. The van der Waals surface area contributed by atoms with Gasteiger partial charge in [-0.1, -0.05) is 54.1 Å². The minimum Gasteiger partial charge on any atom is -0.480 e. The number of rotatable bonds is 8. The second kappa shape index (κ2) is 13.2. The third kappa shape index (κ3) is 6.87. The molecule has 9 nitrogen and oxygen atoms in total. The van der Waals surface area contributed by atoms with Crippen LogP contribution in [-0.2, 0) is 11.2 Å². The number of carboxylic acid groups (broad SMARTS) is 1. The molecule has 0 aliphatic rings. The molecule has 3 N–H and O–H groups in total. The lowest BCUT2D eigenvalue weighted by molar-refractivity contribution is -0.139. The molecule has 0 aliphatic carbocycles. The highest BCUT2D eigenvalue weighted by molar-refractivity contribution is 6.33. The van der Waals surface area contributed by atoms with E-state index in [4.69, 9.17) is 21.6 Å². The fraction of sp³-hybridized carbons (Fsp3) is 0.0606. The molecule has 5 rings (SSSR count). The number of halogens is 3. The molecule has 12 heteroatoms. The Morgan fingerprint density at radius 3 is 2.33 bits per heavy atom. The van der Waals surface area contributed by atoms with E-state index >= 15 is 0 Å². The predicted octanol–water partition coefficient (Wildman–Crippen LogP) is 6.74. The van der Waals surface area contributed by atoms with E-state index in [2.05, 4.69) is 15.6 Å². The number of ether oxygens (including phenoxy) is 1. The van der Waals surface area contributed by atoms with Gasteiger partial charge >= 0.3 is 12.1 Å². The summed E-state index contributed by atoms with van der Waals surface area (Å²) < 4.78 is 34.9. The molecule has 0 bridgehead atoms. The molecular formula is C33H21ClF2N4O5. The van der Waals surface area contributed by atoms with Crippen molar-refractivity contribution in [3.8, 4) is 22.9 Å². The third-order valence-corrected chi connectivity index (χ3v) is 7.06. The molecule has 1 heterocycles. The van der Waals surface area contributed by atoms with Gasteiger partial charge in [-0.15, -0.1) is 0 Å². The van der Waals surface area contributed by atoms with E-state index in [1.165, 1.54) is 18.2 Å². The number of aliphatic carboxylic acids is 1. The maximum atomic E-state index is 14.9. The van der Waals surface area contributed by atoms with Crippen molar-refractivity contribution < 1.29 is 33.0 Å². The van der Waals surface area contributed by atoms with Crippen LogP contribution in [0.2, 0.25) is 5.02 Å². The minimum atomic E-state index is -1.58. The molecule has 0 aliphatic heterocycles. The van der Waals surface area contributed by atoms with E-state index < -0.39 is 41.2 Å². The summed E-state index contributed by atoms with van der Waals surface area (Å²) >= 11 is 6.42. The number of nitriles is 1. The number of carbonyl (C=O) groups is 3. The van der Waals surface area contributed by atoms with Crippen LogP contribution in [0.3, 0.4) is 0 Å². The average Bonchev–Trinajstić information content (AvgIpc) is 3.01. The van der Waals surface area contributed by atoms with Crippen molar-refractivity contribution in [3.63, 3.8) is 0 Å². The minimum absolute atomic E-state index is 0.197. The van der Waals surface area contributed by atoms with Crippen LogP contribution in [0, 0.1) is 23.0 Å². The maximum absolute atomic E-state index is 14.9. The Kier molecular flexibility index (Phi) is 8.97. The van der Waals surface area contributed by atoms with Gasteiger partial charge in [-0.25, -0.2) is 18.4 Å². The number of carboxylic acids is 1. The molecule has 0 radical (unpaired) electrons. The number of anilines is 1. The average molecular weight is 627 g/mol. The summed E-state index contributed by atoms with van der Waals surface area (Å²) in [4.78, 5) is 41.7. The molecule has 0 saturated carbocycles. The zero-order valence-electron chi connectivity index (χ0n) is 23.1. The Hall–Kier alpha value is -5.86. The summed E-state index contributed by atoms with van der Waals surface area (Å²) in [5, 5.41) is 24.3. The van der Waals surface area contributed by atoms with Gasteiger partial charge in [0.2, 0.25) is 0 Å². The topological polar surface area (TPSA) is 141 Å². The van der Waals surface area contributed by atoms with Gasteiger partial charge in [0.05, 0.1) is 17.1 Å². The SMILES string of the molecule is N#Cc1ccc(-c2ccc(CC(NC(=O)c3c(F)cc(NC(=O)Oc4ccccc4)cc3F)C(=O)O)c3cccnc23)c(Cl)c1. The molecule has 0 saturated heterocycles. The van der Waals surface area contributed by atoms with E-state index in [9.17, 15) is 28.3 Å². The quantitative estimate of drug-likeness (QED) is 0.173. The number of aromatic nitrogens is 1. The Bertz CT molecular complexity index is 1980. The Labute approximate surface area is 259 Å². The number of nitrogens with one attached hydrogen (secondary N) is 2. The van der Waals surface area contributed by atoms with E-state index in [1.807, 2.05) is 6.07 Å². The number of hydrogen-bond acceptors (Lipinski definition) is 6. The van der Waals surface area contributed by atoms with Crippen molar-refractivity contribution in [2.75, 3.05) is 5.32 Å². The first-order valence-corrected chi connectivity index (χ1v) is 13.7. The monoisotopic (exact) mass is 626 g/mol. The molecule has 1 unspecified atom stereocenters. The fourth-order valence-electron chi connectivity index (χ4n) is 4.68. The molecule has 0 fully saturated rings. The van der Waals surface area contributed by atoms with Crippen molar-refractivity contribution in [2.45, 2.75) is 12.5 Å². The first-order valence-electron chi connectivity index (χ1n) is 13.3. The summed E-state index contributed by atoms with van der Waals surface area (Å²) in [5.74, 6) is -5.21. The van der Waals surface area contributed by atoms with Crippen molar-refractivity contribution in [1.82, 2.24) is 10.3 Å². The first-order chi connectivity index (χ1) is 21.6. The summed E-state index contributed by atoms with van der Waals surface area (Å²) in [6.45, 7) is 0. The molecule has 2 amide bonds.